The topological polar surface area (TPSA) is 15.3 Å². The molecule has 0 aromatic heterocycles. The highest BCUT2D eigenvalue weighted by Gasteiger charge is 2.24. The zero-order chi connectivity index (χ0) is 13.9. The Morgan fingerprint density at radius 1 is 1.20 bits per heavy atom. The van der Waals surface area contributed by atoms with Crippen LogP contribution in [-0.2, 0) is 6.54 Å². The molecule has 0 spiro atoms. The van der Waals surface area contributed by atoms with Gasteiger partial charge in [0.05, 0.1) is 5.02 Å². The number of nitrogens with one attached hydrogen (secondary N) is 1. The Morgan fingerprint density at radius 2 is 1.95 bits per heavy atom. The van der Waals surface area contributed by atoms with Gasteiger partial charge in [0.15, 0.2) is 0 Å². The number of likely N-dealkylation sites (tertiary alicyclic amines) is 1. The molecule has 3 rings (SSSR count). The summed E-state index contributed by atoms with van der Waals surface area (Å²) < 4.78 is 0.978. The lowest BCUT2D eigenvalue weighted by Gasteiger charge is -2.32. The van der Waals surface area contributed by atoms with Gasteiger partial charge in [-0.1, -0.05) is 17.7 Å². The first-order valence-corrected chi connectivity index (χ1v) is 8.77. The molecule has 0 radical (unpaired) electrons. The number of rotatable bonds is 5. The summed E-state index contributed by atoms with van der Waals surface area (Å²) in [5.74, 6) is 0.984. The minimum atomic E-state index is 0.736. The molecule has 1 aliphatic heterocycles. The molecule has 1 saturated heterocycles. The van der Waals surface area contributed by atoms with Gasteiger partial charge in [0.1, 0.15) is 0 Å². The van der Waals surface area contributed by atoms with Crippen LogP contribution in [0.4, 0.5) is 0 Å². The van der Waals surface area contributed by atoms with Gasteiger partial charge in [-0.2, -0.15) is 0 Å². The molecule has 1 aromatic carbocycles. The van der Waals surface area contributed by atoms with E-state index >= 15 is 0 Å². The SMILES string of the molecule is Clc1cc(CN2CCC(NCC3CC3)CC2)ccc1Br. The molecular weight excluding hydrogens is 336 g/mol. The fourth-order valence-electron chi connectivity index (χ4n) is 2.85. The molecule has 0 bridgehead atoms. The Hall–Kier alpha value is -0.0900. The molecule has 1 aliphatic carbocycles. The Labute approximate surface area is 135 Å². The third-order valence-corrected chi connectivity index (χ3v) is 5.60. The van der Waals surface area contributed by atoms with Crippen LogP contribution in [0.15, 0.2) is 22.7 Å². The van der Waals surface area contributed by atoms with E-state index in [9.17, 15) is 0 Å². The highest BCUT2D eigenvalue weighted by Crippen LogP contribution is 2.28. The third-order valence-electron chi connectivity index (χ3n) is 4.37. The molecule has 4 heteroatoms. The van der Waals surface area contributed by atoms with Crippen molar-refractivity contribution < 1.29 is 0 Å². The number of piperidine rings is 1. The van der Waals surface area contributed by atoms with Gasteiger partial charge in [0, 0.05) is 17.1 Å². The lowest BCUT2D eigenvalue weighted by Crippen LogP contribution is -2.42. The van der Waals surface area contributed by atoms with Gasteiger partial charge in [-0.05, 0) is 84.9 Å². The van der Waals surface area contributed by atoms with E-state index < -0.39 is 0 Å². The second-order valence-corrected chi connectivity index (χ2v) is 7.41. The number of hydrogen-bond acceptors (Lipinski definition) is 2. The van der Waals surface area contributed by atoms with Crippen LogP contribution in [0.1, 0.15) is 31.2 Å². The molecular formula is C16H22BrClN2. The molecule has 1 heterocycles. The highest BCUT2D eigenvalue weighted by molar-refractivity contribution is 9.10. The number of nitrogens with zero attached hydrogens (tertiary/aromatic N) is 1. The van der Waals surface area contributed by atoms with E-state index in [0.29, 0.717) is 0 Å². The molecule has 0 unspecified atom stereocenters. The van der Waals surface area contributed by atoms with Crippen LogP contribution in [0.2, 0.25) is 5.02 Å². The van der Waals surface area contributed by atoms with Crippen LogP contribution >= 0.6 is 27.5 Å². The zero-order valence-electron chi connectivity index (χ0n) is 11.7. The van der Waals surface area contributed by atoms with Crippen LogP contribution in [0.25, 0.3) is 0 Å². The van der Waals surface area contributed by atoms with Crippen LogP contribution in [0.5, 0.6) is 0 Å². The largest absolute Gasteiger partial charge is 0.314 e. The van der Waals surface area contributed by atoms with Gasteiger partial charge in [0.25, 0.3) is 0 Å². The smallest absolute Gasteiger partial charge is 0.0551 e. The van der Waals surface area contributed by atoms with Crippen molar-refractivity contribution in [2.75, 3.05) is 19.6 Å². The van der Waals surface area contributed by atoms with Crippen molar-refractivity contribution >= 4 is 27.5 Å². The number of benzene rings is 1. The van der Waals surface area contributed by atoms with Gasteiger partial charge < -0.3 is 5.32 Å². The quantitative estimate of drug-likeness (QED) is 0.854. The second kappa shape index (κ2) is 6.78. The van der Waals surface area contributed by atoms with E-state index in [1.807, 2.05) is 6.07 Å². The van der Waals surface area contributed by atoms with Gasteiger partial charge in [-0.25, -0.2) is 0 Å². The zero-order valence-corrected chi connectivity index (χ0v) is 14.1. The van der Waals surface area contributed by atoms with Crippen LogP contribution < -0.4 is 5.32 Å². The van der Waals surface area contributed by atoms with E-state index in [-0.39, 0.29) is 0 Å². The molecule has 20 heavy (non-hydrogen) atoms. The highest BCUT2D eigenvalue weighted by atomic mass is 79.9. The normalized spacial score (nSPS) is 21.3. The van der Waals surface area contributed by atoms with Crippen LogP contribution in [-0.4, -0.2) is 30.6 Å². The van der Waals surface area contributed by atoms with Crippen LogP contribution in [0, 0.1) is 5.92 Å². The van der Waals surface area contributed by atoms with Crippen molar-refractivity contribution in [3.05, 3.63) is 33.3 Å². The fourth-order valence-corrected chi connectivity index (χ4v) is 3.30. The molecule has 1 N–H and O–H groups in total. The van der Waals surface area contributed by atoms with E-state index in [0.717, 1.165) is 28.0 Å². The first-order chi connectivity index (χ1) is 9.70. The predicted octanol–water partition coefficient (Wildman–Crippen LogP) is 4.07. The van der Waals surface area contributed by atoms with Crippen molar-refractivity contribution in [1.82, 2.24) is 10.2 Å². The van der Waals surface area contributed by atoms with Crippen molar-refractivity contribution in [3.63, 3.8) is 0 Å². The standard InChI is InChI=1S/C16H22BrClN2/c17-15-4-3-13(9-16(15)18)11-20-7-5-14(6-8-20)19-10-12-1-2-12/h3-4,9,12,14,19H,1-2,5-8,10-11H2. The molecule has 1 saturated carbocycles. The average Bonchev–Trinajstić information content (AvgIpc) is 3.26. The molecule has 2 nitrogen and oxygen atoms in total. The average molecular weight is 358 g/mol. The predicted molar refractivity (Wildman–Crippen MR) is 88.2 cm³/mol. The molecule has 0 amide bonds. The third kappa shape index (κ3) is 4.20. The van der Waals surface area contributed by atoms with Gasteiger partial charge in [-0.3, -0.25) is 4.90 Å². The maximum atomic E-state index is 6.16. The van der Waals surface area contributed by atoms with Crippen molar-refractivity contribution in [2.45, 2.75) is 38.3 Å². The second-order valence-electron chi connectivity index (χ2n) is 6.15. The van der Waals surface area contributed by atoms with Gasteiger partial charge in [0.2, 0.25) is 0 Å². The Bertz CT molecular complexity index is 454. The summed E-state index contributed by atoms with van der Waals surface area (Å²) in [6.07, 6.45) is 5.43. The van der Waals surface area contributed by atoms with Crippen LogP contribution in [0.3, 0.4) is 0 Å². The first-order valence-electron chi connectivity index (χ1n) is 7.60. The van der Waals surface area contributed by atoms with Crippen molar-refractivity contribution in [1.29, 1.82) is 0 Å². The van der Waals surface area contributed by atoms with E-state index in [1.54, 1.807) is 0 Å². The monoisotopic (exact) mass is 356 g/mol. The van der Waals surface area contributed by atoms with Crippen molar-refractivity contribution in [2.24, 2.45) is 5.92 Å². The summed E-state index contributed by atoms with van der Waals surface area (Å²) in [4.78, 5) is 2.54. The Morgan fingerprint density at radius 3 is 2.60 bits per heavy atom. The minimum absolute atomic E-state index is 0.736. The Kier molecular flexibility index (Phi) is 5.03. The Balaban J connectivity index is 1.44. The summed E-state index contributed by atoms with van der Waals surface area (Å²) in [6.45, 7) is 4.64. The van der Waals surface area contributed by atoms with Gasteiger partial charge >= 0.3 is 0 Å². The summed E-state index contributed by atoms with van der Waals surface area (Å²) in [6, 6.07) is 7.01. The van der Waals surface area contributed by atoms with E-state index in [4.69, 9.17) is 11.6 Å². The summed E-state index contributed by atoms with van der Waals surface area (Å²) in [5.41, 5.74) is 1.31. The number of hydrogen-bond donors (Lipinski definition) is 1. The molecule has 2 aliphatic rings. The lowest BCUT2D eigenvalue weighted by atomic mass is 10.0. The summed E-state index contributed by atoms with van der Waals surface area (Å²) in [7, 11) is 0. The fraction of sp³-hybridized carbons (Fsp3) is 0.625. The van der Waals surface area contributed by atoms with E-state index in [1.165, 1.54) is 50.9 Å². The summed E-state index contributed by atoms with van der Waals surface area (Å²) in [5, 5.41) is 4.54. The van der Waals surface area contributed by atoms with Gasteiger partial charge in [-0.15, -0.1) is 0 Å². The first kappa shape index (κ1) is 14.8. The van der Waals surface area contributed by atoms with Crippen molar-refractivity contribution in [3.8, 4) is 0 Å². The molecule has 0 atom stereocenters. The lowest BCUT2D eigenvalue weighted by molar-refractivity contribution is 0.190. The molecule has 110 valence electrons. The molecule has 2 fully saturated rings. The maximum Gasteiger partial charge on any atom is 0.0551 e. The number of halogens is 2. The minimum Gasteiger partial charge on any atom is -0.314 e. The molecule has 1 aromatic rings. The maximum absolute atomic E-state index is 6.16. The van der Waals surface area contributed by atoms with E-state index in [2.05, 4.69) is 38.3 Å². The summed E-state index contributed by atoms with van der Waals surface area (Å²) >= 11 is 9.60.